The Balaban J connectivity index is 2.59. The first kappa shape index (κ1) is 9.77. The summed E-state index contributed by atoms with van der Waals surface area (Å²) >= 11 is 0. The highest BCUT2D eigenvalue weighted by Crippen LogP contribution is 2.24. The second-order valence-electron chi connectivity index (χ2n) is 3.28. The maximum absolute atomic E-state index is 12.4. The van der Waals surface area contributed by atoms with Crippen molar-refractivity contribution in [3.05, 3.63) is 47.5 Å². The van der Waals surface area contributed by atoms with Gasteiger partial charge in [-0.3, -0.25) is 4.79 Å². The minimum absolute atomic E-state index is 0.00125. The Labute approximate surface area is 85.3 Å². The fourth-order valence-corrected chi connectivity index (χ4v) is 1.49. The van der Waals surface area contributed by atoms with Gasteiger partial charge in [-0.15, -0.1) is 0 Å². The summed E-state index contributed by atoms with van der Waals surface area (Å²) in [6.07, 6.45) is -1.72. The smallest absolute Gasteiger partial charge is 0.263 e. The zero-order chi connectivity index (χ0) is 10.8. The summed E-state index contributed by atoms with van der Waals surface area (Å²) in [5.41, 5.74) is 0.550. The van der Waals surface area contributed by atoms with E-state index >= 15 is 0 Å². The SMILES string of the molecule is O=Cc1ccc2cc(C(F)F)ccc2c1. The van der Waals surface area contributed by atoms with Crippen molar-refractivity contribution in [1.82, 2.24) is 0 Å². The maximum atomic E-state index is 12.4. The van der Waals surface area contributed by atoms with Gasteiger partial charge in [0, 0.05) is 11.1 Å². The largest absolute Gasteiger partial charge is 0.298 e. The van der Waals surface area contributed by atoms with E-state index in [9.17, 15) is 13.6 Å². The minimum Gasteiger partial charge on any atom is -0.298 e. The normalized spacial score (nSPS) is 10.9. The number of fused-ring (bicyclic) bond motifs is 1. The molecule has 0 fully saturated rings. The predicted octanol–water partition coefficient (Wildman–Crippen LogP) is 3.59. The van der Waals surface area contributed by atoms with E-state index in [-0.39, 0.29) is 5.56 Å². The molecule has 0 atom stereocenters. The molecule has 1 nitrogen and oxygen atoms in total. The van der Waals surface area contributed by atoms with Gasteiger partial charge >= 0.3 is 0 Å². The van der Waals surface area contributed by atoms with Crippen LogP contribution in [0.3, 0.4) is 0 Å². The van der Waals surface area contributed by atoms with Crippen LogP contribution in [0.25, 0.3) is 10.8 Å². The second-order valence-corrected chi connectivity index (χ2v) is 3.28. The van der Waals surface area contributed by atoms with E-state index in [1.54, 1.807) is 24.3 Å². The number of rotatable bonds is 2. The first-order chi connectivity index (χ1) is 7.20. The molecule has 0 amide bonds. The molecule has 76 valence electrons. The van der Waals surface area contributed by atoms with Gasteiger partial charge in [0.2, 0.25) is 0 Å². The molecule has 0 aliphatic carbocycles. The molecule has 2 aromatic rings. The Morgan fingerprint density at radius 2 is 1.67 bits per heavy atom. The fraction of sp³-hybridized carbons (Fsp3) is 0.0833. The molecule has 2 rings (SSSR count). The van der Waals surface area contributed by atoms with Crippen molar-refractivity contribution in [3.63, 3.8) is 0 Å². The van der Waals surface area contributed by atoms with Crippen LogP contribution in [0.15, 0.2) is 36.4 Å². The molecule has 0 radical (unpaired) electrons. The van der Waals surface area contributed by atoms with Crippen molar-refractivity contribution in [3.8, 4) is 0 Å². The second kappa shape index (κ2) is 3.77. The van der Waals surface area contributed by atoms with Crippen LogP contribution in [0.1, 0.15) is 22.3 Å². The Morgan fingerprint density at radius 1 is 1.00 bits per heavy atom. The molecule has 0 N–H and O–H groups in total. The van der Waals surface area contributed by atoms with Gasteiger partial charge in [-0.1, -0.05) is 24.3 Å². The highest BCUT2D eigenvalue weighted by molar-refractivity contribution is 5.89. The average molecular weight is 206 g/mol. The van der Waals surface area contributed by atoms with Gasteiger partial charge in [0.05, 0.1) is 0 Å². The number of alkyl halides is 2. The predicted molar refractivity (Wildman–Crippen MR) is 54.3 cm³/mol. The van der Waals surface area contributed by atoms with Crippen molar-refractivity contribution >= 4 is 17.1 Å². The molecule has 15 heavy (non-hydrogen) atoms. The van der Waals surface area contributed by atoms with Gasteiger partial charge in [0.1, 0.15) is 6.29 Å². The highest BCUT2D eigenvalue weighted by Gasteiger charge is 2.07. The maximum Gasteiger partial charge on any atom is 0.263 e. The monoisotopic (exact) mass is 206 g/mol. The third-order valence-corrected chi connectivity index (χ3v) is 2.28. The lowest BCUT2D eigenvalue weighted by atomic mass is 10.0. The number of halogens is 2. The van der Waals surface area contributed by atoms with Crippen LogP contribution >= 0.6 is 0 Å². The lowest BCUT2D eigenvalue weighted by molar-refractivity contribution is 0.112. The molecule has 0 aliphatic heterocycles. The summed E-state index contributed by atoms with van der Waals surface area (Å²) in [6, 6.07) is 9.38. The third kappa shape index (κ3) is 1.86. The quantitative estimate of drug-likeness (QED) is 0.686. The van der Waals surface area contributed by atoms with E-state index in [2.05, 4.69) is 0 Å². The summed E-state index contributed by atoms with van der Waals surface area (Å²) in [4.78, 5) is 10.5. The molecule has 0 spiro atoms. The van der Waals surface area contributed by atoms with E-state index in [1.807, 2.05) is 0 Å². The molecule has 0 aromatic heterocycles. The van der Waals surface area contributed by atoms with E-state index in [4.69, 9.17) is 0 Å². The van der Waals surface area contributed by atoms with Crippen molar-refractivity contribution < 1.29 is 13.6 Å². The standard InChI is InChI=1S/C12H8F2O/c13-12(14)11-4-3-9-5-8(7-15)1-2-10(9)6-11/h1-7,12H. The zero-order valence-corrected chi connectivity index (χ0v) is 7.78. The minimum atomic E-state index is -2.46. The zero-order valence-electron chi connectivity index (χ0n) is 7.78. The van der Waals surface area contributed by atoms with Crippen molar-refractivity contribution in [1.29, 1.82) is 0 Å². The number of carbonyl (C=O) groups is 1. The summed E-state index contributed by atoms with van der Waals surface area (Å²) in [6.45, 7) is 0. The van der Waals surface area contributed by atoms with Crippen LogP contribution < -0.4 is 0 Å². The fourth-order valence-electron chi connectivity index (χ4n) is 1.49. The molecule has 3 heteroatoms. The molecular formula is C12H8F2O. The Hall–Kier alpha value is -1.77. The van der Waals surface area contributed by atoms with Crippen molar-refractivity contribution in [2.24, 2.45) is 0 Å². The molecule has 0 aliphatic rings. The topological polar surface area (TPSA) is 17.1 Å². The van der Waals surface area contributed by atoms with Gasteiger partial charge in [-0.05, 0) is 22.9 Å². The molecule has 0 saturated carbocycles. The Bertz CT molecular complexity index is 506. The lowest BCUT2D eigenvalue weighted by Gasteiger charge is -2.02. The number of hydrogen-bond acceptors (Lipinski definition) is 1. The molecule has 0 saturated heterocycles. The summed E-state index contributed by atoms with van der Waals surface area (Å²) < 4.78 is 24.8. The molecular weight excluding hydrogens is 198 g/mol. The molecule has 0 bridgehead atoms. The summed E-state index contributed by atoms with van der Waals surface area (Å²) in [5.74, 6) is 0. The van der Waals surface area contributed by atoms with Crippen LogP contribution in [0, 0.1) is 0 Å². The molecule has 0 unspecified atom stereocenters. The van der Waals surface area contributed by atoms with E-state index in [1.165, 1.54) is 12.1 Å². The number of carbonyl (C=O) groups excluding carboxylic acids is 1. The number of aldehydes is 1. The van der Waals surface area contributed by atoms with Crippen LogP contribution in [-0.4, -0.2) is 6.29 Å². The molecule has 2 aromatic carbocycles. The van der Waals surface area contributed by atoms with E-state index in [0.29, 0.717) is 5.56 Å². The van der Waals surface area contributed by atoms with Gasteiger partial charge in [0.15, 0.2) is 0 Å². The summed E-state index contributed by atoms with van der Waals surface area (Å²) in [7, 11) is 0. The van der Waals surface area contributed by atoms with E-state index in [0.717, 1.165) is 17.1 Å². The van der Waals surface area contributed by atoms with Gasteiger partial charge < -0.3 is 0 Å². The summed E-state index contributed by atoms with van der Waals surface area (Å²) in [5, 5.41) is 1.52. The number of hydrogen-bond donors (Lipinski definition) is 0. The van der Waals surface area contributed by atoms with Crippen LogP contribution in [0.5, 0.6) is 0 Å². The number of benzene rings is 2. The van der Waals surface area contributed by atoms with Crippen LogP contribution in [0.4, 0.5) is 8.78 Å². The van der Waals surface area contributed by atoms with Gasteiger partial charge in [-0.25, -0.2) is 8.78 Å². The Kier molecular flexibility index (Phi) is 2.46. The molecule has 0 heterocycles. The van der Waals surface area contributed by atoms with Crippen LogP contribution in [0.2, 0.25) is 0 Å². The lowest BCUT2D eigenvalue weighted by Crippen LogP contribution is -1.85. The van der Waals surface area contributed by atoms with Crippen molar-refractivity contribution in [2.75, 3.05) is 0 Å². The average Bonchev–Trinajstić information content (AvgIpc) is 2.27. The van der Waals surface area contributed by atoms with Crippen LogP contribution in [-0.2, 0) is 0 Å². The third-order valence-electron chi connectivity index (χ3n) is 2.28. The van der Waals surface area contributed by atoms with Crippen molar-refractivity contribution in [2.45, 2.75) is 6.43 Å². The first-order valence-corrected chi connectivity index (χ1v) is 4.48. The van der Waals surface area contributed by atoms with Gasteiger partial charge in [-0.2, -0.15) is 0 Å². The van der Waals surface area contributed by atoms with E-state index < -0.39 is 6.43 Å². The Morgan fingerprint density at radius 3 is 2.33 bits per heavy atom. The van der Waals surface area contributed by atoms with Gasteiger partial charge in [0.25, 0.3) is 6.43 Å². The highest BCUT2D eigenvalue weighted by atomic mass is 19.3. The first-order valence-electron chi connectivity index (χ1n) is 4.48.